The number of halogens is 4. The first-order valence-electron chi connectivity index (χ1n) is 8.16. The molecule has 0 saturated heterocycles. The van der Waals surface area contributed by atoms with E-state index in [1.807, 2.05) is 0 Å². The summed E-state index contributed by atoms with van der Waals surface area (Å²) < 4.78 is 64.2. The SMILES string of the molecule is CC(C)(C)OC(=O)CC1=N[C@](C)(c2nc(N)ccc2F)C[C@@H](C(F)(F)F)O1. The standard InChI is InChI=1S/C17H21F4N3O3/c1-15(2,3)27-13(25)7-12-24-16(4,8-10(26-12)17(19,20)21)14-9(18)5-6-11(22)23-14/h5-6,10H,7-8H2,1-4H3,(H2,22,23)/t10-,16-/m0/s1. The molecule has 2 N–H and O–H groups in total. The van der Waals surface area contributed by atoms with Crippen molar-refractivity contribution < 1.29 is 31.8 Å². The third kappa shape index (κ3) is 5.30. The van der Waals surface area contributed by atoms with Crippen LogP contribution in [-0.2, 0) is 19.8 Å². The summed E-state index contributed by atoms with van der Waals surface area (Å²) in [6.45, 7) is 6.13. The van der Waals surface area contributed by atoms with Gasteiger partial charge in [0, 0.05) is 6.42 Å². The van der Waals surface area contributed by atoms with Gasteiger partial charge < -0.3 is 15.2 Å². The zero-order chi connectivity index (χ0) is 20.6. The summed E-state index contributed by atoms with van der Waals surface area (Å²) in [6.07, 6.45) is -8.35. The van der Waals surface area contributed by atoms with Crippen LogP contribution in [0.15, 0.2) is 17.1 Å². The molecule has 0 spiro atoms. The molecule has 0 aromatic carbocycles. The van der Waals surface area contributed by atoms with Crippen LogP contribution < -0.4 is 5.73 Å². The van der Waals surface area contributed by atoms with Gasteiger partial charge in [0.25, 0.3) is 0 Å². The molecule has 6 nitrogen and oxygen atoms in total. The van der Waals surface area contributed by atoms with Gasteiger partial charge in [-0.1, -0.05) is 0 Å². The average Bonchev–Trinajstić information content (AvgIpc) is 2.46. The van der Waals surface area contributed by atoms with Gasteiger partial charge in [-0.15, -0.1) is 0 Å². The van der Waals surface area contributed by atoms with E-state index in [0.29, 0.717) is 0 Å². The second-order valence-corrected chi connectivity index (χ2v) is 7.46. The first-order valence-corrected chi connectivity index (χ1v) is 8.16. The fourth-order valence-corrected chi connectivity index (χ4v) is 2.66. The van der Waals surface area contributed by atoms with Gasteiger partial charge in [-0.3, -0.25) is 4.79 Å². The summed E-state index contributed by atoms with van der Waals surface area (Å²) in [5, 5.41) is 0. The van der Waals surface area contributed by atoms with Crippen molar-refractivity contribution in [2.24, 2.45) is 4.99 Å². The fraction of sp³-hybridized carbons (Fsp3) is 0.588. The normalized spacial score (nSPS) is 23.4. The van der Waals surface area contributed by atoms with Gasteiger partial charge in [0.2, 0.25) is 0 Å². The molecule has 0 saturated carbocycles. The van der Waals surface area contributed by atoms with Gasteiger partial charge in [0.05, 0.1) is 0 Å². The highest BCUT2D eigenvalue weighted by molar-refractivity contribution is 5.95. The first-order chi connectivity index (χ1) is 12.2. The van der Waals surface area contributed by atoms with Crippen LogP contribution in [0, 0.1) is 5.82 Å². The van der Waals surface area contributed by atoms with E-state index in [0.717, 1.165) is 6.07 Å². The molecule has 27 heavy (non-hydrogen) atoms. The Hall–Kier alpha value is -2.39. The quantitative estimate of drug-likeness (QED) is 0.630. The Bertz CT molecular complexity index is 759. The highest BCUT2D eigenvalue weighted by Gasteiger charge is 2.51. The van der Waals surface area contributed by atoms with E-state index in [-0.39, 0.29) is 11.5 Å². The van der Waals surface area contributed by atoms with E-state index >= 15 is 0 Å². The van der Waals surface area contributed by atoms with Gasteiger partial charge >= 0.3 is 12.1 Å². The summed E-state index contributed by atoms with van der Waals surface area (Å²) in [4.78, 5) is 19.8. The van der Waals surface area contributed by atoms with Crippen LogP contribution in [0.1, 0.15) is 46.2 Å². The molecular weight excluding hydrogens is 370 g/mol. The Labute approximate surface area is 153 Å². The minimum Gasteiger partial charge on any atom is -0.467 e. The van der Waals surface area contributed by atoms with Crippen LogP contribution in [0.4, 0.5) is 23.4 Å². The Morgan fingerprint density at radius 3 is 2.56 bits per heavy atom. The van der Waals surface area contributed by atoms with E-state index in [2.05, 4.69) is 9.98 Å². The smallest absolute Gasteiger partial charge is 0.425 e. The van der Waals surface area contributed by atoms with Crippen LogP contribution in [0.2, 0.25) is 0 Å². The number of ether oxygens (including phenoxy) is 2. The lowest BCUT2D eigenvalue weighted by atomic mass is 9.88. The Kier molecular flexibility index (Phi) is 5.40. The minimum absolute atomic E-state index is 0.0634. The number of hydrogen-bond donors (Lipinski definition) is 1. The lowest BCUT2D eigenvalue weighted by Crippen LogP contribution is -2.45. The van der Waals surface area contributed by atoms with Crippen LogP contribution in [0.5, 0.6) is 0 Å². The maximum Gasteiger partial charge on any atom is 0.425 e. The molecule has 0 radical (unpaired) electrons. The molecule has 0 amide bonds. The van der Waals surface area contributed by atoms with Crippen molar-refractivity contribution in [3.63, 3.8) is 0 Å². The summed E-state index contributed by atoms with van der Waals surface area (Å²) in [5.41, 5.74) is 2.65. The molecule has 0 unspecified atom stereocenters. The molecule has 0 bridgehead atoms. The third-order valence-corrected chi connectivity index (χ3v) is 3.69. The molecule has 1 aromatic heterocycles. The van der Waals surface area contributed by atoms with Crippen molar-refractivity contribution in [1.29, 1.82) is 0 Å². The van der Waals surface area contributed by atoms with Crippen molar-refractivity contribution >= 4 is 17.7 Å². The highest BCUT2D eigenvalue weighted by atomic mass is 19.4. The van der Waals surface area contributed by atoms with Gasteiger partial charge in [0.15, 0.2) is 12.0 Å². The highest BCUT2D eigenvalue weighted by Crippen LogP contribution is 2.41. The number of anilines is 1. The number of rotatable bonds is 3. The number of nitrogens with zero attached hydrogens (tertiary/aromatic N) is 2. The van der Waals surface area contributed by atoms with Crippen molar-refractivity contribution in [1.82, 2.24) is 4.98 Å². The predicted molar refractivity (Wildman–Crippen MR) is 89.4 cm³/mol. The van der Waals surface area contributed by atoms with E-state index in [1.165, 1.54) is 13.0 Å². The number of aromatic nitrogens is 1. The monoisotopic (exact) mass is 391 g/mol. The topological polar surface area (TPSA) is 86.8 Å². The van der Waals surface area contributed by atoms with E-state index in [1.54, 1.807) is 20.8 Å². The number of carbonyl (C=O) groups excluding carboxylic acids is 1. The van der Waals surface area contributed by atoms with E-state index in [9.17, 15) is 22.4 Å². The number of nitrogen functional groups attached to an aromatic ring is 1. The van der Waals surface area contributed by atoms with Crippen LogP contribution in [0.3, 0.4) is 0 Å². The van der Waals surface area contributed by atoms with Crippen molar-refractivity contribution in [3.8, 4) is 0 Å². The maximum absolute atomic E-state index is 14.2. The summed E-state index contributed by atoms with van der Waals surface area (Å²) >= 11 is 0. The van der Waals surface area contributed by atoms with Crippen molar-refractivity contribution in [2.45, 2.75) is 64.0 Å². The Balaban J connectivity index is 2.42. The fourth-order valence-electron chi connectivity index (χ4n) is 2.66. The lowest BCUT2D eigenvalue weighted by molar-refractivity contribution is -0.208. The molecule has 2 heterocycles. The van der Waals surface area contributed by atoms with Crippen molar-refractivity contribution in [2.75, 3.05) is 5.73 Å². The second-order valence-electron chi connectivity index (χ2n) is 7.46. The zero-order valence-corrected chi connectivity index (χ0v) is 15.4. The Morgan fingerprint density at radius 2 is 2.00 bits per heavy atom. The molecule has 2 rings (SSSR count). The van der Waals surface area contributed by atoms with E-state index < -0.39 is 53.9 Å². The second kappa shape index (κ2) is 6.97. The molecule has 1 aliphatic rings. The zero-order valence-electron chi connectivity index (χ0n) is 15.4. The van der Waals surface area contributed by atoms with E-state index in [4.69, 9.17) is 15.2 Å². The number of esters is 1. The molecular formula is C17H21F4N3O3. The molecule has 2 atom stereocenters. The molecule has 10 heteroatoms. The van der Waals surface area contributed by atoms with Crippen molar-refractivity contribution in [3.05, 3.63) is 23.6 Å². The largest absolute Gasteiger partial charge is 0.467 e. The summed E-state index contributed by atoms with van der Waals surface area (Å²) in [5.74, 6) is -2.22. The number of carbonyl (C=O) groups is 1. The summed E-state index contributed by atoms with van der Waals surface area (Å²) in [6, 6.07) is 2.19. The molecule has 0 fully saturated rings. The van der Waals surface area contributed by atoms with Gasteiger partial charge in [0.1, 0.15) is 34.9 Å². The lowest BCUT2D eigenvalue weighted by Gasteiger charge is -2.36. The van der Waals surface area contributed by atoms with Gasteiger partial charge in [-0.2, -0.15) is 13.2 Å². The van der Waals surface area contributed by atoms with Crippen LogP contribution in [-0.4, -0.2) is 34.7 Å². The van der Waals surface area contributed by atoms with Crippen LogP contribution >= 0.6 is 0 Å². The number of nitrogens with two attached hydrogens (primary N) is 1. The molecule has 150 valence electrons. The van der Waals surface area contributed by atoms with Gasteiger partial charge in [-0.05, 0) is 39.8 Å². The predicted octanol–water partition coefficient (Wildman–Crippen LogP) is 3.50. The number of pyridine rings is 1. The molecule has 0 aliphatic carbocycles. The Morgan fingerprint density at radius 1 is 1.37 bits per heavy atom. The third-order valence-electron chi connectivity index (χ3n) is 3.69. The number of aliphatic imine (C=N–C) groups is 1. The minimum atomic E-state index is -4.74. The molecule has 1 aliphatic heterocycles. The average molecular weight is 391 g/mol. The van der Waals surface area contributed by atoms with Crippen LogP contribution in [0.25, 0.3) is 0 Å². The maximum atomic E-state index is 14.2. The first kappa shape index (κ1) is 20.9. The van der Waals surface area contributed by atoms with Gasteiger partial charge in [-0.25, -0.2) is 14.4 Å². The number of alkyl halides is 3. The number of hydrogen-bond acceptors (Lipinski definition) is 6. The summed E-state index contributed by atoms with van der Waals surface area (Å²) in [7, 11) is 0. The molecule has 1 aromatic rings.